The van der Waals surface area contributed by atoms with Crippen molar-refractivity contribution < 1.29 is 4.79 Å². The number of carbonyl (C=O) groups is 1. The minimum atomic E-state index is 0.224. The third kappa shape index (κ3) is 6.07. The fourth-order valence-corrected chi connectivity index (χ4v) is 3.60. The lowest BCUT2D eigenvalue weighted by atomic mass is 10.2. The first-order chi connectivity index (χ1) is 14.2. The van der Waals surface area contributed by atoms with E-state index >= 15 is 0 Å². The van der Waals surface area contributed by atoms with Gasteiger partial charge in [0.25, 0.3) is 0 Å². The number of rotatable bonds is 8. The molecule has 1 aromatic heterocycles. The summed E-state index contributed by atoms with van der Waals surface area (Å²) in [4.78, 5) is 23.0. The standard InChI is InChI=1S/C22H32N6O/c1-3-21(29)28-14-11-19(17-28)26-22(23-4-2)25-12-10-20-24-13-15-27(20)16-18-8-6-5-7-9-18/h5-9,13,15,19H,3-4,10-12,14,16-17H2,1-2H3,(H2,23,25,26). The molecule has 7 heteroatoms. The molecule has 1 aliphatic heterocycles. The number of carbonyl (C=O) groups excluding carboxylic acids is 1. The van der Waals surface area contributed by atoms with E-state index in [0.29, 0.717) is 13.0 Å². The second-order valence-electron chi connectivity index (χ2n) is 7.29. The summed E-state index contributed by atoms with van der Waals surface area (Å²) in [5, 5.41) is 6.79. The van der Waals surface area contributed by atoms with Crippen LogP contribution in [0.15, 0.2) is 47.7 Å². The van der Waals surface area contributed by atoms with E-state index in [2.05, 4.69) is 51.4 Å². The van der Waals surface area contributed by atoms with Crippen LogP contribution in [0, 0.1) is 0 Å². The number of guanidine groups is 1. The Morgan fingerprint density at radius 1 is 1.28 bits per heavy atom. The normalized spacial score (nSPS) is 16.8. The van der Waals surface area contributed by atoms with Gasteiger partial charge < -0.3 is 20.1 Å². The number of hydrogen-bond donors (Lipinski definition) is 2. The Balaban J connectivity index is 1.54. The highest BCUT2D eigenvalue weighted by Gasteiger charge is 2.25. The zero-order chi connectivity index (χ0) is 20.5. The van der Waals surface area contributed by atoms with Gasteiger partial charge >= 0.3 is 0 Å². The van der Waals surface area contributed by atoms with Crippen molar-refractivity contribution >= 4 is 11.9 Å². The molecule has 1 fully saturated rings. The van der Waals surface area contributed by atoms with Crippen LogP contribution in [0.4, 0.5) is 0 Å². The lowest BCUT2D eigenvalue weighted by Crippen LogP contribution is -2.45. The fraction of sp³-hybridized carbons (Fsp3) is 0.500. The van der Waals surface area contributed by atoms with Gasteiger partial charge in [-0.05, 0) is 18.9 Å². The van der Waals surface area contributed by atoms with Crippen molar-refractivity contribution in [3.63, 3.8) is 0 Å². The number of benzene rings is 1. The molecule has 0 bridgehead atoms. The maximum Gasteiger partial charge on any atom is 0.222 e. The summed E-state index contributed by atoms with van der Waals surface area (Å²) in [7, 11) is 0. The van der Waals surface area contributed by atoms with Gasteiger partial charge in [0.15, 0.2) is 5.96 Å². The summed E-state index contributed by atoms with van der Waals surface area (Å²) in [6.07, 6.45) is 6.17. The Bertz CT molecular complexity index is 801. The highest BCUT2D eigenvalue weighted by atomic mass is 16.2. The van der Waals surface area contributed by atoms with Crippen LogP contribution in [0.2, 0.25) is 0 Å². The van der Waals surface area contributed by atoms with Gasteiger partial charge in [0.2, 0.25) is 5.91 Å². The molecule has 1 aromatic carbocycles. The van der Waals surface area contributed by atoms with Crippen molar-refractivity contribution in [1.82, 2.24) is 25.1 Å². The summed E-state index contributed by atoms with van der Waals surface area (Å²) in [6, 6.07) is 10.7. The molecule has 0 aliphatic carbocycles. The Kier molecular flexibility index (Phi) is 7.67. The Hall–Kier alpha value is -2.83. The van der Waals surface area contributed by atoms with E-state index in [1.807, 2.05) is 30.3 Å². The molecule has 156 valence electrons. The van der Waals surface area contributed by atoms with Gasteiger partial charge in [0.1, 0.15) is 5.82 Å². The van der Waals surface area contributed by atoms with E-state index in [1.54, 1.807) is 0 Å². The number of likely N-dealkylation sites (tertiary alicyclic amines) is 1. The van der Waals surface area contributed by atoms with Crippen molar-refractivity contribution in [2.75, 3.05) is 26.2 Å². The molecule has 0 spiro atoms. The molecule has 2 N–H and O–H groups in total. The number of imidazole rings is 1. The number of aliphatic imine (C=N–C) groups is 1. The van der Waals surface area contributed by atoms with Gasteiger partial charge in [-0.2, -0.15) is 0 Å². The van der Waals surface area contributed by atoms with Crippen molar-refractivity contribution in [3.8, 4) is 0 Å². The Morgan fingerprint density at radius 3 is 2.86 bits per heavy atom. The van der Waals surface area contributed by atoms with E-state index in [1.165, 1.54) is 5.56 Å². The third-order valence-corrected chi connectivity index (χ3v) is 5.13. The first kappa shape index (κ1) is 20.9. The molecule has 2 heterocycles. The summed E-state index contributed by atoms with van der Waals surface area (Å²) >= 11 is 0. The lowest BCUT2D eigenvalue weighted by Gasteiger charge is -2.18. The lowest BCUT2D eigenvalue weighted by molar-refractivity contribution is -0.129. The van der Waals surface area contributed by atoms with Crippen molar-refractivity contribution in [3.05, 3.63) is 54.1 Å². The van der Waals surface area contributed by atoms with Crippen molar-refractivity contribution in [1.29, 1.82) is 0 Å². The SMILES string of the molecule is CCNC(=NCCc1nccn1Cc1ccccc1)NC1CCN(C(=O)CC)C1. The highest BCUT2D eigenvalue weighted by Crippen LogP contribution is 2.10. The highest BCUT2D eigenvalue weighted by molar-refractivity contribution is 5.80. The van der Waals surface area contributed by atoms with Crippen LogP contribution in [-0.4, -0.2) is 58.5 Å². The van der Waals surface area contributed by atoms with Gasteiger partial charge in [0, 0.05) is 64.0 Å². The molecule has 7 nitrogen and oxygen atoms in total. The maximum absolute atomic E-state index is 11.9. The molecule has 1 amide bonds. The topological polar surface area (TPSA) is 74.6 Å². The minimum absolute atomic E-state index is 0.224. The molecular weight excluding hydrogens is 364 g/mol. The molecule has 1 unspecified atom stereocenters. The van der Waals surface area contributed by atoms with Gasteiger partial charge in [-0.15, -0.1) is 0 Å². The fourth-order valence-electron chi connectivity index (χ4n) is 3.60. The van der Waals surface area contributed by atoms with Crippen LogP contribution in [0.1, 0.15) is 38.1 Å². The first-order valence-electron chi connectivity index (χ1n) is 10.6. The van der Waals surface area contributed by atoms with Crippen LogP contribution < -0.4 is 10.6 Å². The van der Waals surface area contributed by atoms with Crippen LogP contribution in [-0.2, 0) is 17.8 Å². The minimum Gasteiger partial charge on any atom is -0.357 e. The molecule has 1 aliphatic rings. The Labute approximate surface area is 173 Å². The van der Waals surface area contributed by atoms with E-state index in [4.69, 9.17) is 4.99 Å². The smallest absolute Gasteiger partial charge is 0.222 e. The Morgan fingerprint density at radius 2 is 2.10 bits per heavy atom. The van der Waals surface area contributed by atoms with E-state index in [0.717, 1.165) is 50.8 Å². The molecule has 1 atom stereocenters. The molecule has 2 aromatic rings. The van der Waals surface area contributed by atoms with Crippen LogP contribution in [0.5, 0.6) is 0 Å². The number of aromatic nitrogens is 2. The number of nitrogens with one attached hydrogen (secondary N) is 2. The van der Waals surface area contributed by atoms with Crippen molar-refractivity contribution in [2.24, 2.45) is 4.99 Å². The summed E-state index contributed by atoms with van der Waals surface area (Å²) in [5.41, 5.74) is 1.26. The maximum atomic E-state index is 11.9. The zero-order valence-electron chi connectivity index (χ0n) is 17.5. The zero-order valence-corrected chi connectivity index (χ0v) is 17.5. The van der Waals surface area contributed by atoms with E-state index in [-0.39, 0.29) is 11.9 Å². The number of hydrogen-bond acceptors (Lipinski definition) is 3. The number of nitrogens with zero attached hydrogens (tertiary/aromatic N) is 4. The summed E-state index contributed by atoms with van der Waals surface area (Å²) < 4.78 is 2.18. The summed E-state index contributed by atoms with van der Waals surface area (Å²) in [5.74, 6) is 2.07. The number of amides is 1. The second kappa shape index (κ2) is 10.6. The van der Waals surface area contributed by atoms with Crippen LogP contribution >= 0.6 is 0 Å². The van der Waals surface area contributed by atoms with Crippen LogP contribution in [0.3, 0.4) is 0 Å². The molecule has 0 saturated carbocycles. The summed E-state index contributed by atoms with van der Waals surface area (Å²) in [6.45, 7) is 7.83. The monoisotopic (exact) mass is 396 g/mol. The molecule has 1 saturated heterocycles. The first-order valence-corrected chi connectivity index (χ1v) is 10.6. The van der Waals surface area contributed by atoms with E-state index < -0.39 is 0 Å². The predicted octanol–water partition coefficient (Wildman–Crippen LogP) is 2.04. The van der Waals surface area contributed by atoms with Gasteiger partial charge in [-0.1, -0.05) is 37.3 Å². The average Bonchev–Trinajstić information content (AvgIpc) is 3.38. The predicted molar refractivity (Wildman–Crippen MR) is 116 cm³/mol. The largest absolute Gasteiger partial charge is 0.357 e. The van der Waals surface area contributed by atoms with Crippen LogP contribution in [0.25, 0.3) is 0 Å². The molecular formula is C22H32N6O. The third-order valence-electron chi connectivity index (χ3n) is 5.13. The van der Waals surface area contributed by atoms with E-state index in [9.17, 15) is 4.79 Å². The van der Waals surface area contributed by atoms with Gasteiger partial charge in [-0.25, -0.2) is 4.98 Å². The molecule has 29 heavy (non-hydrogen) atoms. The second-order valence-corrected chi connectivity index (χ2v) is 7.29. The average molecular weight is 397 g/mol. The van der Waals surface area contributed by atoms with Crippen molar-refractivity contribution in [2.45, 2.75) is 45.7 Å². The molecule has 0 radical (unpaired) electrons. The van der Waals surface area contributed by atoms with Gasteiger partial charge in [0.05, 0.1) is 0 Å². The quantitative estimate of drug-likeness (QED) is 0.529. The molecule has 3 rings (SSSR count). The van der Waals surface area contributed by atoms with Gasteiger partial charge in [-0.3, -0.25) is 9.79 Å².